The van der Waals surface area contributed by atoms with Crippen molar-refractivity contribution in [3.8, 4) is 5.75 Å². The van der Waals surface area contributed by atoms with Gasteiger partial charge in [-0.25, -0.2) is 0 Å². The zero-order valence-corrected chi connectivity index (χ0v) is 12.4. The van der Waals surface area contributed by atoms with Gasteiger partial charge in [-0.2, -0.15) is 0 Å². The summed E-state index contributed by atoms with van der Waals surface area (Å²) in [6.07, 6.45) is 1.22. The highest BCUT2D eigenvalue weighted by Crippen LogP contribution is 2.14. The van der Waals surface area contributed by atoms with Crippen molar-refractivity contribution < 1.29 is 9.53 Å². The predicted octanol–water partition coefficient (Wildman–Crippen LogP) is 3.53. The minimum atomic E-state index is 0.0766. The zero-order valence-electron chi connectivity index (χ0n) is 11.6. The molecule has 0 bridgehead atoms. The lowest BCUT2D eigenvalue weighted by Crippen LogP contribution is -2.22. The van der Waals surface area contributed by atoms with Crippen molar-refractivity contribution in [3.05, 3.63) is 52.2 Å². The number of thiophene rings is 1. The lowest BCUT2D eigenvalue weighted by molar-refractivity contribution is -0.121. The second-order valence-corrected chi connectivity index (χ2v) is 5.93. The summed E-state index contributed by atoms with van der Waals surface area (Å²) >= 11 is 1.72. The van der Waals surface area contributed by atoms with Gasteiger partial charge < -0.3 is 10.1 Å². The topological polar surface area (TPSA) is 38.3 Å². The van der Waals surface area contributed by atoms with E-state index in [-0.39, 0.29) is 5.91 Å². The monoisotopic (exact) mass is 289 g/mol. The van der Waals surface area contributed by atoms with Crippen LogP contribution in [0.25, 0.3) is 0 Å². The van der Waals surface area contributed by atoms with Gasteiger partial charge in [-0.1, -0.05) is 18.2 Å². The van der Waals surface area contributed by atoms with E-state index >= 15 is 0 Å². The maximum Gasteiger partial charge on any atom is 0.220 e. The number of hydrogen-bond donors (Lipinski definition) is 1. The first kappa shape index (κ1) is 14.6. The number of amides is 1. The van der Waals surface area contributed by atoms with Gasteiger partial charge in [0.2, 0.25) is 5.91 Å². The third-order valence-electron chi connectivity index (χ3n) is 2.82. The number of carbonyl (C=O) groups excluding carboxylic acids is 1. The lowest BCUT2D eigenvalue weighted by Gasteiger charge is -2.06. The molecule has 0 saturated carbocycles. The molecule has 1 amide bonds. The van der Waals surface area contributed by atoms with Crippen LogP contribution in [0.15, 0.2) is 42.5 Å². The summed E-state index contributed by atoms with van der Waals surface area (Å²) in [6, 6.07) is 13.8. The van der Waals surface area contributed by atoms with Gasteiger partial charge in [0.05, 0.1) is 13.2 Å². The molecule has 0 radical (unpaired) electrons. The van der Waals surface area contributed by atoms with Crippen LogP contribution in [0.3, 0.4) is 0 Å². The number of ether oxygens (including phenoxy) is 1. The Kier molecular flexibility index (Phi) is 5.62. The van der Waals surface area contributed by atoms with E-state index in [4.69, 9.17) is 4.74 Å². The first-order valence-electron chi connectivity index (χ1n) is 6.74. The largest absolute Gasteiger partial charge is 0.494 e. The van der Waals surface area contributed by atoms with E-state index in [1.54, 1.807) is 11.3 Å². The lowest BCUT2D eigenvalue weighted by atomic mass is 10.3. The Labute approximate surface area is 123 Å². The number of hydrogen-bond acceptors (Lipinski definition) is 3. The summed E-state index contributed by atoms with van der Waals surface area (Å²) < 4.78 is 5.54. The highest BCUT2D eigenvalue weighted by molar-refractivity contribution is 7.11. The maximum atomic E-state index is 11.7. The molecule has 2 rings (SSSR count). The highest BCUT2D eigenvalue weighted by Gasteiger charge is 2.03. The Morgan fingerprint density at radius 1 is 1.20 bits per heavy atom. The molecule has 0 saturated heterocycles. The number of nitrogens with one attached hydrogen (secondary N) is 1. The van der Waals surface area contributed by atoms with E-state index in [2.05, 4.69) is 24.4 Å². The molecular weight excluding hydrogens is 270 g/mol. The number of aryl methyl sites for hydroxylation is 1. The van der Waals surface area contributed by atoms with Crippen molar-refractivity contribution in [2.45, 2.75) is 26.3 Å². The molecule has 106 valence electrons. The molecule has 0 aliphatic rings. The van der Waals surface area contributed by atoms with Crippen LogP contribution in [0.1, 0.15) is 22.6 Å². The van der Waals surface area contributed by atoms with E-state index < -0.39 is 0 Å². The van der Waals surface area contributed by atoms with E-state index in [0.29, 0.717) is 19.6 Å². The van der Waals surface area contributed by atoms with Crippen molar-refractivity contribution in [3.63, 3.8) is 0 Å². The standard InChI is InChI=1S/C16H19NO2S/c1-13-9-10-15(20-13)12-17-16(18)8-5-11-19-14-6-3-2-4-7-14/h2-4,6-7,9-10H,5,8,11-12H2,1H3,(H,17,18). The van der Waals surface area contributed by atoms with Crippen LogP contribution < -0.4 is 10.1 Å². The van der Waals surface area contributed by atoms with Crippen LogP contribution in [-0.4, -0.2) is 12.5 Å². The van der Waals surface area contributed by atoms with Gasteiger partial charge in [0.15, 0.2) is 0 Å². The maximum absolute atomic E-state index is 11.7. The summed E-state index contributed by atoms with van der Waals surface area (Å²) in [5.74, 6) is 0.926. The van der Waals surface area contributed by atoms with Gasteiger partial charge in [0.1, 0.15) is 5.75 Å². The third-order valence-corrected chi connectivity index (χ3v) is 3.82. The van der Waals surface area contributed by atoms with Gasteiger partial charge in [-0.05, 0) is 37.6 Å². The first-order chi connectivity index (χ1) is 9.74. The summed E-state index contributed by atoms with van der Waals surface area (Å²) in [6.45, 7) is 3.25. The zero-order chi connectivity index (χ0) is 14.2. The molecule has 1 heterocycles. The minimum absolute atomic E-state index is 0.0766. The average molecular weight is 289 g/mol. The summed E-state index contributed by atoms with van der Waals surface area (Å²) in [5, 5.41) is 2.93. The van der Waals surface area contributed by atoms with Crippen molar-refractivity contribution in [1.82, 2.24) is 5.32 Å². The van der Waals surface area contributed by atoms with E-state index in [1.807, 2.05) is 30.3 Å². The van der Waals surface area contributed by atoms with Gasteiger partial charge >= 0.3 is 0 Å². The molecule has 0 atom stereocenters. The number of rotatable bonds is 7. The minimum Gasteiger partial charge on any atom is -0.494 e. The Morgan fingerprint density at radius 3 is 2.70 bits per heavy atom. The quantitative estimate of drug-likeness (QED) is 0.792. The van der Waals surface area contributed by atoms with Crippen molar-refractivity contribution in [2.24, 2.45) is 0 Å². The normalized spacial score (nSPS) is 10.2. The molecular formula is C16H19NO2S. The summed E-state index contributed by atoms with van der Waals surface area (Å²) in [5.41, 5.74) is 0. The van der Waals surface area contributed by atoms with E-state index in [1.165, 1.54) is 9.75 Å². The van der Waals surface area contributed by atoms with Crippen LogP contribution in [-0.2, 0) is 11.3 Å². The molecule has 3 nitrogen and oxygen atoms in total. The molecule has 1 aromatic heterocycles. The second kappa shape index (κ2) is 7.70. The van der Waals surface area contributed by atoms with E-state index in [0.717, 1.165) is 12.2 Å². The molecule has 0 fully saturated rings. The van der Waals surface area contributed by atoms with Crippen LogP contribution in [0.2, 0.25) is 0 Å². The molecule has 20 heavy (non-hydrogen) atoms. The molecule has 0 unspecified atom stereocenters. The fourth-order valence-corrected chi connectivity index (χ4v) is 2.62. The van der Waals surface area contributed by atoms with Crippen LogP contribution >= 0.6 is 11.3 Å². The Balaban J connectivity index is 1.58. The first-order valence-corrected chi connectivity index (χ1v) is 7.55. The number of benzene rings is 1. The Bertz CT molecular complexity index is 536. The molecule has 0 aliphatic carbocycles. The Morgan fingerprint density at radius 2 is 2.00 bits per heavy atom. The fourth-order valence-electron chi connectivity index (χ4n) is 1.79. The van der Waals surface area contributed by atoms with Crippen LogP contribution in [0.5, 0.6) is 5.75 Å². The second-order valence-electron chi connectivity index (χ2n) is 4.55. The SMILES string of the molecule is Cc1ccc(CNC(=O)CCCOc2ccccc2)s1. The van der Waals surface area contributed by atoms with Crippen molar-refractivity contribution in [1.29, 1.82) is 0 Å². The number of carbonyl (C=O) groups is 1. The molecule has 0 aliphatic heterocycles. The predicted molar refractivity (Wildman–Crippen MR) is 82.1 cm³/mol. The molecule has 1 aromatic carbocycles. The third kappa shape index (κ3) is 5.05. The van der Waals surface area contributed by atoms with Gasteiger partial charge in [-0.3, -0.25) is 4.79 Å². The van der Waals surface area contributed by atoms with Gasteiger partial charge in [-0.15, -0.1) is 11.3 Å². The summed E-state index contributed by atoms with van der Waals surface area (Å²) in [4.78, 5) is 14.1. The average Bonchev–Trinajstić information content (AvgIpc) is 2.88. The van der Waals surface area contributed by atoms with Gasteiger partial charge in [0, 0.05) is 16.2 Å². The number of para-hydroxylation sites is 1. The molecule has 1 N–H and O–H groups in total. The Hall–Kier alpha value is -1.81. The smallest absolute Gasteiger partial charge is 0.220 e. The molecule has 0 spiro atoms. The van der Waals surface area contributed by atoms with E-state index in [9.17, 15) is 4.79 Å². The molecule has 2 aromatic rings. The van der Waals surface area contributed by atoms with Crippen molar-refractivity contribution >= 4 is 17.2 Å². The van der Waals surface area contributed by atoms with Crippen LogP contribution in [0, 0.1) is 6.92 Å². The van der Waals surface area contributed by atoms with Crippen LogP contribution in [0.4, 0.5) is 0 Å². The molecule has 4 heteroatoms. The fraction of sp³-hybridized carbons (Fsp3) is 0.312. The van der Waals surface area contributed by atoms with Crippen molar-refractivity contribution in [2.75, 3.05) is 6.61 Å². The van der Waals surface area contributed by atoms with Gasteiger partial charge in [0.25, 0.3) is 0 Å². The highest BCUT2D eigenvalue weighted by atomic mass is 32.1. The summed E-state index contributed by atoms with van der Waals surface area (Å²) in [7, 11) is 0.